The number of nitrogens with one attached hydrogen (secondary N) is 1. The molecule has 3 aromatic rings. The van der Waals surface area contributed by atoms with Crippen LogP contribution in [0.5, 0.6) is 5.75 Å². The van der Waals surface area contributed by atoms with E-state index in [0.29, 0.717) is 24.3 Å². The summed E-state index contributed by atoms with van der Waals surface area (Å²) < 4.78 is 8.06. The molecule has 0 spiro atoms. The number of amides is 3. The molecule has 1 N–H and O–H groups in total. The molecule has 3 aliphatic rings. The van der Waals surface area contributed by atoms with E-state index in [4.69, 9.17) is 9.72 Å². The number of hydrogen-bond acceptors (Lipinski definition) is 6. The molecule has 1 saturated carbocycles. The van der Waals surface area contributed by atoms with E-state index >= 15 is 0 Å². The molecule has 0 bridgehead atoms. The molecular formula is C29H34N6O3. The van der Waals surface area contributed by atoms with Gasteiger partial charge in [0.2, 0.25) is 5.91 Å². The van der Waals surface area contributed by atoms with Crippen molar-refractivity contribution in [2.24, 2.45) is 7.05 Å². The van der Waals surface area contributed by atoms with Crippen LogP contribution in [0.4, 0.5) is 10.6 Å². The summed E-state index contributed by atoms with van der Waals surface area (Å²) in [7, 11) is 1.87. The van der Waals surface area contributed by atoms with Crippen molar-refractivity contribution in [3.05, 3.63) is 59.4 Å². The van der Waals surface area contributed by atoms with Crippen LogP contribution in [0.2, 0.25) is 0 Å². The molecule has 2 aromatic heterocycles. The monoisotopic (exact) mass is 514 g/mol. The van der Waals surface area contributed by atoms with Crippen LogP contribution in [0.15, 0.2) is 42.6 Å². The van der Waals surface area contributed by atoms with E-state index in [9.17, 15) is 9.59 Å². The molecule has 1 saturated heterocycles. The average molecular weight is 515 g/mol. The third-order valence-corrected chi connectivity index (χ3v) is 8.02. The van der Waals surface area contributed by atoms with E-state index in [-0.39, 0.29) is 18.4 Å². The summed E-state index contributed by atoms with van der Waals surface area (Å²) in [6, 6.07) is 12.4. The molecule has 1 unspecified atom stereocenters. The van der Waals surface area contributed by atoms with Gasteiger partial charge in [0.1, 0.15) is 17.3 Å². The lowest BCUT2D eigenvalue weighted by Gasteiger charge is -2.26. The van der Waals surface area contributed by atoms with Gasteiger partial charge in [-0.15, -0.1) is 0 Å². The van der Waals surface area contributed by atoms with Gasteiger partial charge in [-0.1, -0.05) is 24.6 Å². The summed E-state index contributed by atoms with van der Waals surface area (Å²) in [4.78, 5) is 37.4. The van der Waals surface area contributed by atoms with Crippen LogP contribution in [0, 0.1) is 0 Å². The number of fused-ring (bicyclic) bond motifs is 1. The van der Waals surface area contributed by atoms with Crippen molar-refractivity contribution in [3.8, 4) is 17.3 Å². The highest BCUT2D eigenvalue weighted by atomic mass is 16.5. The van der Waals surface area contributed by atoms with E-state index in [1.807, 2.05) is 17.7 Å². The SMILES string of the molecule is CC1c2nc(-c3ncc(N4CCC(=O)NC4=O)n3C)ccc2CN1Cc1ccc(OC2CCCCC2)cc1. The van der Waals surface area contributed by atoms with Gasteiger partial charge in [0, 0.05) is 33.1 Å². The third-order valence-electron chi connectivity index (χ3n) is 8.02. The quantitative estimate of drug-likeness (QED) is 0.512. The normalized spacial score (nSPS) is 20.5. The second-order valence-electron chi connectivity index (χ2n) is 10.6. The lowest BCUT2D eigenvalue weighted by molar-refractivity contribution is -0.120. The van der Waals surface area contributed by atoms with Crippen molar-refractivity contribution in [1.29, 1.82) is 0 Å². The molecule has 1 aromatic carbocycles. The number of benzene rings is 1. The predicted molar refractivity (Wildman–Crippen MR) is 144 cm³/mol. The summed E-state index contributed by atoms with van der Waals surface area (Å²) in [5.41, 5.74) is 4.31. The molecule has 0 radical (unpaired) electrons. The zero-order valence-electron chi connectivity index (χ0n) is 22.0. The minimum Gasteiger partial charge on any atom is -0.490 e. The van der Waals surface area contributed by atoms with Crippen molar-refractivity contribution in [2.75, 3.05) is 11.4 Å². The number of imide groups is 1. The molecule has 2 fully saturated rings. The Balaban J connectivity index is 1.14. The van der Waals surface area contributed by atoms with E-state index < -0.39 is 6.03 Å². The Kier molecular flexibility index (Phi) is 6.61. The van der Waals surface area contributed by atoms with Gasteiger partial charge in [-0.2, -0.15) is 0 Å². The Morgan fingerprint density at radius 1 is 1.05 bits per heavy atom. The van der Waals surface area contributed by atoms with Crippen molar-refractivity contribution >= 4 is 17.8 Å². The third kappa shape index (κ3) is 4.78. The van der Waals surface area contributed by atoms with E-state index in [0.717, 1.165) is 43.1 Å². The summed E-state index contributed by atoms with van der Waals surface area (Å²) in [5.74, 6) is 2.04. The van der Waals surface area contributed by atoms with Gasteiger partial charge in [0.15, 0.2) is 5.82 Å². The smallest absolute Gasteiger partial charge is 0.329 e. The standard InChI is InChI=1S/C29H34N6O3/c1-19-27-21(18-34(19)17-20-8-11-23(12-9-20)38-22-6-4-3-5-7-22)10-13-24(31-27)28-30-16-26(33(28)2)35-15-14-25(36)32-29(35)37/h8-13,16,19,22H,3-7,14-15,17-18H2,1-2H3,(H,32,36,37). The maximum Gasteiger partial charge on any atom is 0.329 e. The van der Waals surface area contributed by atoms with Crippen LogP contribution in [-0.2, 0) is 24.9 Å². The Labute approximate surface area is 222 Å². The summed E-state index contributed by atoms with van der Waals surface area (Å²) >= 11 is 0. The second-order valence-corrected chi connectivity index (χ2v) is 10.6. The number of ether oxygens (including phenoxy) is 1. The van der Waals surface area contributed by atoms with E-state index in [1.165, 1.54) is 30.4 Å². The molecule has 4 heterocycles. The Morgan fingerprint density at radius 3 is 2.61 bits per heavy atom. The van der Waals surface area contributed by atoms with Gasteiger partial charge >= 0.3 is 6.03 Å². The fraction of sp³-hybridized carbons (Fsp3) is 0.448. The number of imidazole rings is 1. The lowest BCUT2D eigenvalue weighted by atomic mass is 9.98. The number of hydrogen-bond donors (Lipinski definition) is 1. The van der Waals surface area contributed by atoms with Crippen molar-refractivity contribution in [1.82, 2.24) is 24.8 Å². The highest BCUT2D eigenvalue weighted by Gasteiger charge is 2.30. The molecule has 3 amide bonds. The first-order valence-corrected chi connectivity index (χ1v) is 13.6. The largest absolute Gasteiger partial charge is 0.490 e. The first-order valence-electron chi connectivity index (χ1n) is 13.6. The second kappa shape index (κ2) is 10.2. The molecule has 198 valence electrons. The molecule has 6 rings (SSSR count). The van der Waals surface area contributed by atoms with Crippen LogP contribution in [0.25, 0.3) is 11.5 Å². The van der Waals surface area contributed by atoms with Crippen molar-refractivity contribution in [2.45, 2.75) is 70.7 Å². The fourth-order valence-corrected chi connectivity index (χ4v) is 5.80. The number of pyridine rings is 1. The van der Waals surface area contributed by atoms with Crippen LogP contribution >= 0.6 is 0 Å². The highest BCUT2D eigenvalue weighted by molar-refractivity contribution is 6.05. The highest BCUT2D eigenvalue weighted by Crippen LogP contribution is 2.35. The zero-order valence-corrected chi connectivity index (χ0v) is 22.0. The maximum atomic E-state index is 12.3. The number of urea groups is 1. The number of anilines is 1. The molecule has 2 aliphatic heterocycles. The molecular weight excluding hydrogens is 480 g/mol. The number of carbonyl (C=O) groups excluding carboxylic acids is 2. The van der Waals surface area contributed by atoms with Crippen molar-refractivity contribution in [3.63, 3.8) is 0 Å². The molecule has 1 aliphatic carbocycles. The topological polar surface area (TPSA) is 92.6 Å². The Hall–Kier alpha value is -3.72. The summed E-state index contributed by atoms with van der Waals surface area (Å²) in [5, 5.41) is 2.37. The number of carbonyl (C=O) groups is 2. The van der Waals surface area contributed by atoms with Gasteiger partial charge in [-0.3, -0.25) is 19.9 Å². The van der Waals surface area contributed by atoms with Crippen LogP contribution in [0.1, 0.15) is 68.3 Å². The Morgan fingerprint density at radius 2 is 1.84 bits per heavy atom. The van der Waals surface area contributed by atoms with Crippen LogP contribution in [-0.4, -0.2) is 44.0 Å². The first kappa shape index (κ1) is 24.6. The number of nitrogens with zero attached hydrogens (tertiary/aromatic N) is 5. The van der Waals surface area contributed by atoms with Gasteiger partial charge < -0.3 is 9.30 Å². The van der Waals surface area contributed by atoms with Gasteiger partial charge in [-0.05, 0) is 61.9 Å². The minimum atomic E-state index is -0.421. The maximum absolute atomic E-state index is 12.3. The molecule has 1 atom stereocenters. The minimum absolute atomic E-state index is 0.168. The summed E-state index contributed by atoms with van der Waals surface area (Å²) in [6.07, 6.45) is 8.48. The first-order chi connectivity index (χ1) is 18.5. The zero-order chi connectivity index (χ0) is 26.2. The number of rotatable bonds is 6. The van der Waals surface area contributed by atoms with Crippen LogP contribution < -0.4 is 15.0 Å². The molecule has 9 nitrogen and oxygen atoms in total. The van der Waals surface area contributed by atoms with E-state index in [2.05, 4.69) is 52.5 Å². The van der Waals surface area contributed by atoms with Gasteiger partial charge in [-0.25, -0.2) is 14.8 Å². The lowest BCUT2D eigenvalue weighted by Crippen LogP contribution is -2.50. The Bertz CT molecular complexity index is 1340. The molecule has 38 heavy (non-hydrogen) atoms. The van der Waals surface area contributed by atoms with Gasteiger partial charge in [0.05, 0.1) is 24.0 Å². The summed E-state index contributed by atoms with van der Waals surface area (Å²) in [6.45, 7) is 4.22. The molecule has 9 heteroatoms. The average Bonchev–Trinajstić information content (AvgIpc) is 3.45. The van der Waals surface area contributed by atoms with Crippen molar-refractivity contribution < 1.29 is 14.3 Å². The predicted octanol–water partition coefficient (Wildman–Crippen LogP) is 4.72. The van der Waals surface area contributed by atoms with E-state index in [1.54, 1.807) is 11.1 Å². The van der Waals surface area contributed by atoms with Gasteiger partial charge in [0.25, 0.3) is 0 Å². The number of aromatic nitrogens is 3. The van der Waals surface area contributed by atoms with Crippen LogP contribution in [0.3, 0.4) is 0 Å². The fourth-order valence-electron chi connectivity index (χ4n) is 5.80.